The van der Waals surface area contributed by atoms with Gasteiger partial charge < -0.3 is 0 Å². The van der Waals surface area contributed by atoms with Crippen molar-refractivity contribution in [2.24, 2.45) is 5.10 Å². The molecule has 0 saturated carbocycles. The lowest BCUT2D eigenvalue weighted by Crippen LogP contribution is -2.20. The number of hydrazone groups is 1. The Morgan fingerprint density at radius 1 is 1.20 bits per heavy atom. The molecular weight excluding hydrogens is 336 g/mol. The van der Waals surface area contributed by atoms with Crippen LogP contribution in [0.1, 0.15) is 27.2 Å². The quantitative estimate of drug-likeness (QED) is 0.559. The molecule has 1 amide bonds. The smallest absolute Gasteiger partial charge is 0.272 e. The Morgan fingerprint density at radius 3 is 2.96 bits per heavy atom. The van der Waals surface area contributed by atoms with Gasteiger partial charge in [-0.2, -0.15) is 10.2 Å². The summed E-state index contributed by atoms with van der Waals surface area (Å²) in [5.41, 5.74) is 7.96. The molecule has 0 saturated heterocycles. The topological polar surface area (TPSA) is 70.1 Å². The molecule has 2 N–H and O–H groups in total. The molecule has 0 aliphatic heterocycles. The van der Waals surface area contributed by atoms with Crippen molar-refractivity contribution in [1.82, 2.24) is 15.6 Å². The van der Waals surface area contributed by atoms with Gasteiger partial charge in [-0.05, 0) is 36.1 Å². The molecule has 0 unspecified atom stereocenters. The molecule has 1 aromatic heterocycles. The van der Waals surface area contributed by atoms with E-state index in [0.717, 1.165) is 35.2 Å². The largest absolute Gasteiger partial charge is 0.289 e. The number of carbonyl (C=O) groups excluding carboxylic acids is 1. The molecule has 0 fully saturated rings. The first-order valence-electron chi connectivity index (χ1n) is 7.97. The van der Waals surface area contributed by atoms with Crippen LogP contribution in [-0.2, 0) is 12.8 Å². The van der Waals surface area contributed by atoms with Gasteiger partial charge in [0, 0.05) is 16.1 Å². The van der Waals surface area contributed by atoms with E-state index >= 15 is 0 Å². The van der Waals surface area contributed by atoms with Crippen LogP contribution in [0, 0.1) is 0 Å². The molecule has 1 aliphatic carbocycles. The van der Waals surface area contributed by atoms with Crippen molar-refractivity contribution in [3.8, 4) is 11.3 Å². The van der Waals surface area contributed by atoms with E-state index in [0.29, 0.717) is 10.7 Å². The van der Waals surface area contributed by atoms with Crippen LogP contribution in [0.3, 0.4) is 0 Å². The number of fused-ring (bicyclic) bond motifs is 3. The number of H-pyrrole nitrogens is 1. The summed E-state index contributed by atoms with van der Waals surface area (Å²) >= 11 is 5.93. The van der Waals surface area contributed by atoms with Gasteiger partial charge in [-0.25, -0.2) is 5.43 Å². The fourth-order valence-corrected chi connectivity index (χ4v) is 3.26. The number of rotatable bonds is 3. The lowest BCUT2D eigenvalue weighted by molar-refractivity contribution is 0.0949. The maximum atomic E-state index is 12.4. The SMILES string of the molecule is O=C(N/N=C\c1cccc(Cl)c1)c1[nH]nc2c1CCc1ccccc1-2. The monoisotopic (exact) mass is 350 g/mol. The van der Waals surface area contributed by atoms with E-state index in [-0.39, 0.29) is 5.91 Å². The second kappa shape index (κ2) is 6.53. The Balaban J connectivity index is 1.54. The van der Waals surface area contributed by atoms with Crippen molar-refractivity contribution in [2.45, 2.75) is 12.8 Å². The molecule has 0 atom stereocenters. The molecule has 4 rings (SSSR count). The first-order valence-corrected chi connectivity index (χ1v) is 8.34. The number of amides is 1. The summed E-state index contributed by atoms with van der Waals surface area (Å²) in [5.74, 6) is -0.300. The number of nitrogens with one attached hydrogen (secondary N) is 2. The van der Waals surface area contributed by atoms with Gasteiger partial charge >= 0.3 is 0 Å². The van der Waals surface area contributed by atoms with Crippen LogP contribution in [0.25, 0.3) is 11.3 Å². The third-order valence-electron chi connectivity index (χ3n) is 4.24. The zero-order valence-corrected chi connectivity index (χ0v) is 14.0. The van der Waals surface area contributed by atoms with E-state index in [1.165, 1.54) is 5.56 Å². The maximum Gasteiger partial charge on any atom is 0.289 e. The Morgan fingerprint density at radius 2 is 2.08 bits per heavy atom. The van der Waals surface area contributed by atoms with Crippen LogP contribution in [-0.4, -0.2) is 22.3 Å². The van der Waals surface area contributed by atoms with Crippen LogP contribution in [0.15, 0.2) is 53.6 Å². The van der Waals surface area contributed by atoms with Crippen LogP contribution in [0.2, 0.25) is 5.02 Å². The fourth-order valence-electron chi connectivity index (χ4n) is 3.06. The molecule has 5 nitrogen and oxygen atoms in total. The number of nitrogens with zero attached hydrogens (tertiary/aromatic N) is 2. The zero-order chi connectivity index (χ0) is 17.2. The van der Waals surface area contributed by atoms with Gasteiger partial charge in [-0.3, -0.25) is 9.89 Å². The third-order valence-corrected chi connectivity index (χ3v) is 4.47. The van der Waals surface area contributed by atoms with E-state index < -0.39 is 0 Å². The Labute approximate surface area is 149 Å². The lowest BCUT2D eigenvalue weighted by Gasteiger charge is -2.15. The minimum Gasteiger partial charge on any atom is -0.272 e. The summed E-state index contributed by atoms with van der Waals surface area (Å²) in [5, 5.41) is 11.8. The molecule has 124 valence electrons. The molecule has 25 heavy (non-hydrogen) atoms. The number of carbonyl (C=O) groups is 1. The normalized spacial score (nSPS) is 12.7. The number of halogens is 1. The molecule has 0 spiro atoms. The Hall–Kier alpha value is -2.92. The molecule has 2 aromatic carbocycles. The van der Waals surface area contributed by atoms with Gasteiger partial charge in [0.05, 0.1) is 11.9 Å². The number of aromatic amines is 1. The van der Waals surface area contributed by atoms with Crippen LogP contribution in [0.4, 0.5) is 0 Å². The highest BCUT2D eigenvalue weighted by Crippen LogP contribution is 2.33. The average molecular weight is 351 g/mol. The number of hydrogen-bond donors (Lipinski definition) is 2. The molecule has 0 radical (unpaired) electrons. The molecule has 6 heteroatoms. The van der Waals surface area contributed by atoms with Gasteiger partial charge in [0.25, 0.3) is 5.91 Å². The number of hydrogen-bond acceptors (Lipinski definition) is 3. The van der Waals surface area contributed by atoms with E-state index in [1.54, 1.807) is 18.3 Å². The van der Waals surface area contributed by atoms with Gasteiger partial charge in [0.15, 0.2) is 0 Å². The van der Waals surface area contributed by atoms with Crippen molar-refractivity contribution < 1.29 is 4.79 Å². The Kier molecular flexibility index (Phi) is 4.07. The first-order chi connectivity index (χ1) is 12.2. The molecule has 3 aromatic rings. The summed E-state index contributed by atoms with van der Waals surface area (Å²) < 4.78 is 0. The van der Waals surface area contributed by atoms with Crippen molar-refractivity contribution in [3.05, 3.63) is 75.9 Å². The summed E-state index contributed by atoms with van der Waals surface area (Å²) in [6.45, 7) is 0. The second-order valence-electron chi connectivity index (χ2n) is 5.84. The predicted molar refractivity (Wildman–Crippen MR) is 97.9 cm³/mol. The number of aromatic nitrogens is 2. The summed E-state index contributed by atoms with van der Waals surface area (Å²) in [4.78, 5) is 12.4. The minimum atomic E-state index is -0.300. The number of benzene rings is 2. The highest BCUT2D eigenvalue weighted by atomic mass is 35.5. The lowest BCUT2D eigenvalue weighted by atomic mass is 9.89. The standard InChI is InChI=1S/C19H15ClN4O/c20-14-6-3-4-12(10-14)11-21-24-19(25)18-16-9-8-13-5-1-2-7-15(13)17(16)22-23-18/h1-7,10-11H,8-9H2,(H,22,23)(H,24,25)/b21-11-. The minimum absolute atomic E-state index is 0.300. The van der Waals surface area contributed by atoms with Crippen LogP contribution < -0.4 is 5.43 Å². The number of aryl methyl sites for hydroxylation is 1. The van der Waals surface area contributed by atoms with Crippen LogP contribution in [0.5, 0.6) is 0 Å². The van der Waals surface area contributed by atoms with E-state index in [9.17, 15) is 4.79 Å². The Bertz CT molecular complexity index is 977. The maximum absolute atomic E-state index is 12.4. The summed E-state index contributed by atoms with van der Waals surface area (Å²) in [6, 6.07) is 15.4. The van der Waals surface area contributed by atoms with E-state index in [2.05, 4.69) is 26.8 Å². The van der Waals surface area contributed by atoms with Crippen molar-refractivity contribution in [3.63, 3.8) is 0 Å². The average Bonchev–Trinajstić information content (AvgIpc) is 3.06. The van der Waals surface area contributed by atoms with Crippen molar-refractivity contribution >= 4 is 23.7 Å². The van der Waals surface area contributed by atoms with Gasteiger partial charge in [0.1, 0.15) is 5.69 Å². The zero-order valence-electron chi connectivity index (χ0n) is 13.3. The van der Waals surface area contributed by atoms with Gasteiger partial charge in [-0.15, -0.1) is 0 Å². The first kappa shape index (κ1) is 15.6. The highest BCUT2D eigenvalue weighted by Gasteiger charge is 2.24. The fraction of sp³-hybridized carbons (Fsp3) is 0.105. The van der Waals surface area contributed by atoms with Crippen molar-refractivity contribution in [2.75, 3.05) is 0 Å². The molecular formula is C19H15ClN4O. The molecule has 1 heterocycles. The van der Waals surface area contributed by atoms with E-state index in [1.807, 2.05) is 30.3 Å². The van der Waals surface area contributed by atoms with Gasteiger partial charge in [-0.1, -0.05) is 48.0 Å². The van der Waals surface area contributed by atoms with Crippen LogP contribution >= 0.6 is 11.6 Å². The second-order valence-corrected chi connectivity index (χ2v) is 6.27. The van der Waals surface area contributed by atoms with Crippen molar-refractivity contribution in [1.29, 1.82) is 0 Å². The predicted octanol–water partition coefficient (Wildman–Crippen LogP) is 3.59. The summed E-state index contributed by atoms with van der Waals surface area (Å²) in [6.07, 6.45) is 3.24. The van der Waals surface area contributed by atoms with Gasteiger partial charge in [0.2, 0.25) is 0 Å². The molecule has 1 aliphatic rings. The third kappa shape index (κ3) is 3.06. The molecule has 0 bridgehead atoms. The van der Waals surface area contributed by atoms with E-state index in [4.69, 9.17) is 11.6 Å². The highest BCUT2D eigenvalue weighted by molar-refractivity contribution is 6.30. The summed E-state index contributed by atoms with van der Waals surface area (Å²) in [7, 11) is 0.